The van der Waals surface area contributed by atoms with Crippen molar-refractivity contribution < 1.29 is 0 Å². The normalized spacial score (nSPS) is 11.6. The Kier molecular flexibility index (Phi) is 2.14. The van der Waals surface area contributed by atoms with E-state index in [0.29, 0.717) is 0 Å². The molecule has 1 heterocycles. The van der Waals surface area contributed by atoms with Crippen LogP contribution in [0.1, 0.15) is 0 Å². The van der Waals surface area contributed by atoms with Gasteiger partial charge in [0.15, 0.2) is 0 Å². The van der Waals surface area contributed by atoms with Gasteiger partial charge in [0, 0.05) is 15.5 Å². The van der Waals surface area contributed by atoms with E-state index in [2.05, 4.69) is 54.6 Å². The highest BCUT2D eigenvalue weighted by atomic mass is 35.5. The topological polar surface area (TPSA) is 0 Å². The van der Waals surface area contributed by atoms with Crippen LogP contribution in [0.25, 0.3) is 30.9 Å². The first-order chi connectivity index (χ1) is 8.84. The molecule has 0 radical (unpaired) electrons. The highest BCUT2D eigenvalue weighted by Crippen LogP contribution is 2.42. The highest BCUT2D eigenvalue weighted by molar-refractivity contribution is 7.26. The van der Waals surface area contributed by atoms with Crippen LogP contribution in [0.15, 0.2) is 54.6 Å². The van der Waals surface area contributed by atoms with Crippen molar-refractivity contribution in [3.63, 3.8) is 0 Å². The smallest absolute Gasteiger partial charge is 0.0591 e. The molecule has 0 aliphatic rings. The molecule has 0 spiro atoms. The van der Waals surface area contributed by atoms with Crippen molar-refractivity contribution in [1.29, 1.82) is 0 Å². The molecule has 0 saturated carbocycles. The summed E-state index contributed by atoms with van der Waals surface area (Å²) >= 11 is 8.19. The summed E-state index contributed by atoms with van der Waals surface area (Å²) in [5.74, 6) is 0. The highest BCUT2D eigenvalue weighted by Gasteiger charge is 2.11. The minimum Gasteiger partial charge on any atom is -0.134 e. The molecule has 86 valence electrons. The number of halogens is 1. The molecule has 18 heavy (non-hydrogen) atoms. The van der Waals surface area contributed by atoms with Crippen LogP contribution in [0.4, 0.5) is 0 Å². The molecule has 0 atom stereocenters. The van der Waals surface area contributed by atoms with Gasteiger partial charge in [-0.25, -0.2) is 0 Å². The summed E-state index contributed by atoms with van der Waals surface area (Å²) in [6.07, 6.45) is 0. The van der Waals surface area contributed by atoms with E-state index in [9.17, 15) is 0 Å². The Hall–Kier alpha value is -1.57. The Morgan fingerprint density at radius 1 is 0.833 bits per heavy atom. The molecule has 0 N–H and O–H groups in total. The summed E-state index contributed by atoms with van der Waals surface area (Å²) in [5.41, 5.74) is 0. The van der Waals surface area contributed by atoms with E-state index in [4.69, 9.17) is 11.6 Å². The van der Waals surface area contributed by atoms with Gasteiger partial charge < -0.3 is 0 Å². The van der Waals surface area contributed by atoms with Crippen LogP contribution in [0.3, 0.4) is 0 Å². The molecule has 0 fully saturated rings. The van der Waals surface area contributed by atoms with E-state index in [1.165, 1.54) is 30.9 Å². The number of hydrogen-bond acceptors (Lipinski definition) is 1. The van der Waals surface area contributed by atoms with Crippen LogP contribution in [0, 0.1) is 0 Å². The SMILES string of the molecule is Clc1cc2ccccc2c2c1sc1ccccc12. The van der Waals surface area contributed by atoms with Crippen molar-refractivity contribution in [2.45, 2.75) is 0 Å². The maximum absolute atomic E-state index is 6.42. The van der Waals surface area contributed by atoms with Crippen molar-refractivity contribution >= 4 is 53.9 Å². The van der Waals surface area contributed by atoms with E-state index in [-0.39, 0.29) is 0 Å². The van der Waals surface area contributed by atoms with Gasteiger partial charge in [-0.1, -0.05) is 54.1 Å². The minimum absolute atomic E-state index is 0.852. The summed E-state index contributed by atoms with van der Waals surface area (Å²) < 4.78 is 2.49. The lowest BCUT2D eigenvalue weighted by atomic mass is 10.0. The van der Waals surface area contributed by atoms with E-state index < -0.39 is 0 Å². The molecule has 0 aliphatic carbocycles. The van der Waals surface area contributed by atoms with Crippen LogP contribution in [-0.2, 0) is 0 Å². The lowest BCUT2D eigenvalue weighted by Gasteiger charge is -2.02. The molecule has 0 aliphatic heterocycles. The largest absolute Gasteiger partial charge is 0.134 e. The van der Waals surface area contributed by atoms with Gasteiger partial charge in [-0.2, -0.15) is 0 Å². The fourth-order valence-electron chi connectivity index (χ4n) is 2.53. The molecule has 0 nitrogen and oxygen atoms in total. The van der Waals surface area contributed by atoms with E-state index in [1.54, 1.807) is 11.3 Å². The fourth-order valence-corrected chi connectivity index (χ4v) is 3.99. The third kappa shape index (κ3) is 1.32. The Labute approximate surface area is 113 Å². The Morgan fingerprint density at radius 3 is 2.44 bits per heavy atom. The molecule has 4 rings (SSSR count). The summed E-state index contributed by atoms with van der Waals surface area (Å²) in [4.78, 5) is 0. The lowest BCUT2D eigenvalue weighted by Crippen LogP contribution is -1.75. The number of thiophene rings is 1. The zero-order valence-electron chi connectivity index (χ0n) is 9.48. The maximum atomic E-state index is 6.42. The maximum Gasteiger partial charge on any atom is 0.0591 e. The molecular weight excluding hydrogens is 260 g/mol. The van der Waals surface area contributed by atoms with Crippen LogP contribution < -0.4 is 0 Å². The first kappa shape index (κ1) is 10.4. The molecule has 1 aromatic heterocycles. The molecule has 3 aromatic carbocycles. The summed E-state index contributed by atoms with van der Waals surface area (Å²) in [5, 5.41) is 5.94. The zero-order valence-corrected chi connectivity index (χ0v) is 11.1. The van der Waals surface area contributed by atoms with Gasteiger partial charge in [-0.15, -0.1) is 11.3 Å². The van der Waals surface area contributed by atoms with Gasteiger partial charge in [0.05, 0.1) is 9.72 Å². The van der Waals surface area contributed by atoms with Crippen molar-refractivity contribution in [1.82, 2.24) is 0 Å². The van der Waals surface area contributed by atoms with E-state index >= 15 is 0 Å². The first-order valence-corrected chi connectivity index (χ1v) is 7.02. The van der Waals surface area contributed by atoms with Crippen molar-refractivity contribution in [2.24, 2.45) is 0 Å². The van der Waals surface area contributed by atoms with Gasteiger partial charge >= 0.3 is 0 Å². The van der Waals surface area contributed by atoms with Crippen molar-refractivity contribution in [2.75, 3.05) is 0 Å². The van der Waals surface area contributed by atoms with Gasteiger partial charge in [0.1, 0.15) is 0 Å². The second-order valence-corrected chi connectivity index (χ2v) is 5.84. The van der Waals surface area contributed by atoms with Gasteiger partial charge in [-0.3, -0.25) is 0 Å². The van der Waals surface area contributed by atoms with Crippen LogP contribution in [0.5, 0.6) is 0 Å². The molecule has 0 unspecified atom stereocenters. The molecule has 0 amide bonds. The molecule has 2 heteroatoms. The third-order valence-corrected chi connectivity index (χ3v) is 4.94. The van der Waals surface area contributed by atoms with Gasteiger partial charge in [0.25, 0.3) is 0 Å². The molecule has 0 saturated heterocycles. The second-order valence-electron chi connectivity index (χ2n) is 4.38. The summed E-state index contributed by atoms with van der Waals surface area (Å²) in [6, 6.07) is 19.0. The van der Waals surface area contributed by atoms with Crippen molar-refractivity contribution in [3.05, 3.63) is 59.6 Å². The average molecular weight is 269 g/mol. The number of hydrogen-bond donors (Lipinski definition) is 0. The van der Waals surface area contributed by atoms with Crippen LogP contribution >= 0.6 is 22.9 Å². The first-order valence-electron chi connectivity index (χ1n) is 5.83. The minimum atomic E-state index is 0.852. The standard InChI is InChI=1S/C16H9ClS/c17-13-9-10-5-1-2-6-11(10)15-12-7-3-4-8-14(12)18-16(13)15/h1-9H. The molecular formula is C16H9ClS. The third-order valence-electron chi connectivity index (χ3n) is 3.32. The van der Waals surface area contributed by atoms with E-state index in [1.807, 2.05) is 0 Å². The van der Waals surface area contributed by atoms with Crippen LogP contribution in [-0.4, -0.2) is 0 Å². The van der Waals surface area contributed by atoms with Crippen LogP contribution in [0.2, 0.25) is 5.02 Å². The summed E-state index contributed by atoms with van der Waals surface area (Å²) in [7, 11) is 0. The monoisotopic (exact) mass is 268 g/mol. The second kappa shape index (κ2) is 3.71. The van der Waals surface area contributed by atoms with Crippen molar-refractivity contribution in [3.8, 4) is 0 Å². The Morgan fingerprint density at radius 2 is 1.56 bits per heavy atom. The van der Waals surface area contributed by atoms with E-state index in [0.717, 1.165) is 5.02 Å². The molecule has 0 bridgehead atoms. The van der Waals surface area contributed by atoms with Gasteiger partial charge in [-0.05, 0) is 22.9 Å². The number of fused-ring (bicyclic) bond motifs is 5. The number of rotatable bonds is 0. The summed E-state index contributed by atoms with van der Waals surface area (Å²) in [6.45, 7) is 0. The predicted molar refractivity (Wildman–Crippen MR) is 81.8 cm³/mol. The number of benzene rings is 3. The zero-order chi connectivity index (χ0) is 12.1. The Balaban J connectivity index is 2.41. The molecule has 4 aromatic rings. The predicted octanol–water partition coefficient (Wildman–Crippen LogP) is 5.86. The fraction of sp³-hybridized carbons (Fsp3) is 0. The van der Waals surface area contributed by atoms with Gasteiger partial charge in [0.2, 0.25) is 0 Å². The lowest BCUT2D eigenvalue weighted by molar-refractivity contribution is 1.81. The quantitative estimate of drug-likeness (QED) is 0.375. The average Bonchev–Trinajstić information content (AvgIpc) is 2.79. The Bertz CT molecular complexity index is 889.